The Bertz CT molecular complexity index is 119. The highest BCUT2D eigenvalue weighted by atomic mass is 35.5. The van der Waals surface area contributed by atoms with Crippen LogP contribution < -0.4 is 0 Å². The van der Waals surface area contributed by atoms with Crippen LogP contribution in [0.15, 0.2) is 0 Å². The first-order chi connectivity index (χ1) is 5.27. The third kappa shape index (κ3) is 2.32. The van der Waals surface area contributed by atoms with E-state index in [4.69, 9.17) is 16.7 Å². The molecule has 1 rings (SSSR count). The summed E-state index contributed by atoms with van der Waals surface area (Å²) in [5.41, 5.74) is 0. The van der Waals surface area contributed by atoms with Crippen LogP contribution in [0.3, 0.4) is 0 Å². The number of aliphatic hydroxyl groups excluding tert-OH is 2. The highest BCUT2D eigenvalue weighted by molar-refractivity contribution is 6.17. The molecule has 0 amide bonds. The van der Waals surface area contributed by atoms with E-state index in [9.17, 15) is 5.11 Å². The van der Waals surface area contributed by atoms with Crippen molar-refractivity contribution >= 4 is 11.6 Å². The van der Waals surface area contributed by atoms with Crippen LogP contribution in [0.25, 0.3) is 0 Å². The van der Waals surface area contributed by atoms with Gasteiger partial charge in [-0.25, -0.2) is 0 Å². The van der Waals surface area contributed by atoms with Gasteiger partial charge in [-0.15, -0.1) is 11.6 Å². The fourth-order valence-corrected chi connectivity index (χ4v) is 2.18. The number of hydrogen-bond donors (Lipinski definition) is 2. The van der Waals surface area contributed by atoms with E-state index in [1.54, 1.807) is 0 Å². The van der Waals surface area contributed by atoms with E-state index >= 15 is 0 Å². The maximum Gasteiger partial charge on any atom is 0.0546 e. The summed E-state index contributed by atoms with van der Waals surface area (Å²) in [6.07, 6.45) is 2.28. The second kappa shape index (κ2) is 4.29. The fourth-order valence-electron chi connectivity index (χ4n) is 1.90. The van der Waals surface area contributed by atoms with Crippen molar-refractivity contribution in [3.8, 4) is 0 Å². The van der Waals surface area contributed by atoms with Crippen molar-refractivity contribution < 1.29 is 10.2 Å². The summed E-state index contributed by atoms with van der Waals surface area (Å²) in [7, 11) is 0. The number of halogens is 1. The third-order valence-corrected chi connectivity index (χ3v) is 2.75. The lowest BCUT2D eigenvalue weighted by atomic mass is 9.95. The van der Waals surface area contributed by atoms with Crippen LogP contribution in [0.5, 0.6) is 0 Å². The Morgan fingerprint density at radius 3 is 2.45 bits per heavy atom. The van der Waals surface area contributed by atoms with Gasteiger partial charge in [0.2, 0.25) is 0 Å². The molecule has 2 nitrogen and oxygen atoms in total. The van der Waals surface area contributed by atoms with Crippen LogP contribution in [0.1, 0.15) is 19.3 Å². The maximum absolute atomic E-state index is 9.27. The molecule has 0 aliphatic heterocycles. The Labute approximate surface area is 72.2 Å². The van der Waals surface area contributed by atoms with Crippen molar-refractivity contribution in [1.29, 1.82) is 0 Å². The van der Waals surface area contributed by atoms with Crippen molar-refractivity contribution in [3.63, 3.8) is 0 Å². The van der Waals surface area contributed by atoms with Crippen LogP contribution >= 0.6 is 11.6 Å². The van der Waals surface area contributed by atoms with Crippen LogP contribution in [-0.2, 0) is 0 Å². The molecule has 0 aromatic carbocycles. The van der Waals surface area contributed by atoms with E-state index in [0.717, 1.165) is 19.3 Å². The number of aliphatic hydroxyl groups is 2. The Morgan fingerprint density at radius 2 is 1.91 bits per heavy atom. The van der Waals surface area contributed by atoms with Gasteiger partial charge in [-0.1, -0.05) is 0 Å². The number of hydrogen-bond acceptors (Lipinski definition) is 2. The normalized spacial score (nSPS) is 37.9. The van der Waals surface area contributed by atoms with Gasteiger partial charge in [0.25, 0.3) is 0 Å². The van der Waals surface area contributed by atoms with Crippen molar-refractivity contribution in [2.24, 2.45) is 11.8 Å². The molecule has 1 aliphatic carbocycles. The van der Waals surface area contributed by atoms with Crippen molar-refractivity contribution in [3.05, 3.63) is 0 Å². The molecule has 1 saturated carbocycles. The summed E-state index contributed by atoms with van der Waals surface area (Å²) in [5, 5.41) is 18.2. The minimum atomic E-state index is -0.208. The molecule has 0 bridgehead atoms. The van der Waals surface area contributed by atoms with E-state index in [1.165, 1.54) is 0 Å². The number of rotatable bonds is 3. The van der Waals surface area contributed by atoms with E-state index < -0.39 is 0 Å². The van der Waals surface area contributed by atoms with Crippen LogP contribution in [0, 0.1) is 11.8 Å². The van der Waals surface area contributed by atoms with Gasteiger partial charge in [-0.05, 0) is 31.1 Å². The highest BCUT2D eigenvalue weighted by Gasteiger charge is 2.31. The summed E-state index contributed by atoms with van der Waals surface area (Å²) in [6, 6.07) is 0. The molecular weight excluding hydrogens is 164 g/mol. The molecule has 3 atom stereocenters. The predicted molar refractivity (Wildman–Crippen MR) is 44.6 cm³/mol. The third-order valence-electron chi connectivity index (χ3n) is 2.53. The van der Waals surface area contributed by atoms with E-state index in [2.05, 4.69) is 0 Å². The summed E-state index contributed by atoms with van der Waals surface area (Å²) < 4.78 is 0. The van der Waals surface area contributed by atoms with E-state index in [0.29, 0.717) is 11.8 Å². The van der Waals surface area contributed by atoms with Gasteiger partial charge >= 0.3 is 0 Å². The first kappa shape index (κ1) is 9.30. The van der Waals surface area contributed by atoms with Gasteiger partial charge in [0.1, 0.15) is 0 Å². The summed E-state index contributed by atoms with van der Waals surface area (Å²) in [5.74, 6) is 1.35. The topological polar surface area (TPSA) is 40.5 Å². The fraction of sp³-hybridized carbons (Fsp3) is 1.00. The predicted octanol–water partition coefficient (Wildman–Crippen LogP) is 0.995. The van der Waals surface area contributed by atoms with Crippen LogP contribution in [0.4, 0.5) is 0 Å². The quantitative estimate of drug-likeness (QED) is 0.633. The average molecular weight is 179 g/mol. The van der Waals surface area contributed by atoms with Crippen molar-refractivity contribution in [2.45, 2.75) is 25.4 Å². The molecule has 11 heavy (non-hydrogen) atoms. The second-order valence-corrected chi connectivity index (χ2v) is 3.68. The first-order valence-electron chi connectivity index (χ1n) is 4.12. The molecule has 0 heterocycles. The molecule has 3 heteroatoms. The van der Waals surface area contributed by atoms with Gasteiger partial charge in [0.15, 0.2) is 0 Å². The molecule has 1 unspecified atom stereocenters. The summed E-state index contributed by atoms with van der Waals surface area (Å²) >= 11 is 5.59. The lowest BCUT2D eigenvalue weighted by Gasteiger charge is -2.14. The van der Waals surface area contributed by atoms with Gasteiger partial charge in [0, 0.05) is 12.5 Å². The molecule has 0 radical (unpaired) electrons. The largest absolute Gasteiger partial charge is 0.396 e. The molecule has 2 N–H and O–H groups in total. The summed E-state index contributed by atoms with van der Waals surface area (Å²) in [6.45, 7) is 0.193. The minimum absolute atomic E-state index is 0.193. The standard InChI is InChI=1S/C8H15ClO2/c9-2-1-6-3-8(11)4-7(6)5-10/h6-8,10-11H,1-5H2/t6?,7-,8+/m0/s1. The minimum Gasteiger partial charge on any atom is -0.396 e. The van der Waals surface area contributed by atoms with Gasteiger partial charge in [-0.3, -0.25) is 0 Å². The monoisotopic (exact) mass is 178 g/mol. The molecule has 0 aromatic rings. The molecule has 0 saturated heterocycles. The maximum atomic E-state index is 9.27. The SMILES string of the molecule is OC[C@@H]1C[C@H](O)CC1CCCl. The lowest BCUT2D eigenvalue weighted by Crippen LogP contribution is -2.12. The molecule has 0 aromatic heterocycles. The molecule has 1 fully saturated rings. The Balaban J connectivity index is 2.37. The Hall–Kier alpha value is 0.210. The van der Waals surface area contributed by atoms with Crippen LogP contribution in [-0.4, -0.2) is 28.8 Å². The van der Waals surface area contributed by atoms with Crippen molar-refractivity contribution in [2.75, 3.05) is 12.5 Å². The highest BCUT2D eigenvalue weighted by Crippen LogP contribution is 2.34. The molecule has 0 spiro atoms. The van der Waals surface area contributed by atoms with Crippen molar-refractivity contribution in [1.82, 2.24) is 0 Å². The van der Waals surface area contributed by atoms with E-state index in [1.807, 2.05) is 0 Å². The van der Waals surface area contributed by atoms with Gasteiger partial charge in [0.05, 0.1) is 6.10 Å². The molecule has 66 valence electrons. The van der Waals surface area contributed by atoms with Gasteiger partial charge < -0.3 is 10.2 Å². The van der Waals surface area contributed by atoms with Crippen LogP contribution in [0.2, 0.25) is 0 Å². The Morgan fingerprint density at radius 1 is 1.27 bits per heavy atom. The number of alkyl halides is 1. The smallest absolute Gasteiger partial charge is 0.0546 e. The van der Waals surface area contributed by atoms with E-state index in [-0.39, 0.29) is 18.6 Å². The Kier molecular flexibility index (Phi) is 3.63. The molecule has 1 aliphatic rings. The second-order valence-electron chi connectivity index (χ2n) is 3.31. The zero-order valence-electron chi connectivity index (χ0n) is 6.54. The first-order valence-corrected chi connectivity index (χ1v) is 4.66. The summed E-state index contributed by atoms with van der Waals surface area (Å²) in [4.78, 5) is 0. The molecular formula is C8H15ClO2. The zero-order valence-corrected chi connectivity index (χ0v) is 7.30. The lowest BCUT2D eigenvalue weighted by molar-refractivity contribution is 0.162. The van der Waals surface area contributed by atoms with Gasteiger partial charge in [-0.2, -0.15) is 0 Å². The zero-order chi connectivity index (χ0) is 8.27. The average Bonchev–Trinajstić information content (AvgIpc) is 2.32.